The lowest BCUT2D eigenvalue weighted by atomic mass is 10.1. The minimum atomic E-state index is -4.09. The fourth-order valence-electron chi connectivity index (χ4n) is 1.99. The van der Waals surface area contributed by atoms with Gasteiger partial charge >= 0.3 is 0 Å². The van der Waals surface area contributed by atoms with E-state index < -0.39 is 40.5 Å². The van der Waals surface area contributed by atoms with Crippen LogP contribution in [-0.2, 0) is 31.0 Å². The third-order valence-corrected chi connectivity index (χ3v) is 8.89. The van der Waals surface area contributed by atoms with Crippen LogP contribution < -0.4 is 0 Å². The summed E-state index contributed by atoms with van der Waals surface area (Å²) in [6, 6.07) is 0. The third kappa shape index (κ3) is 8.37. The minimum Gasteiger partial charge on any atom is -0.285 e. The number of rotatable bonds is 12. The number of hydrogen-bond acceptors (Lipinski definition) is 5. The van der Waals surface area contributed by atoms with Gasteiger partial charge in [0, 0.05) is 22.3 Å². The lowest BCUT2D eigenvalue weighted by Crippen LogP contribution is -2.31. The van der Waals surface area contributed by atoms with Crippen LogP contribution in [0.3, 0.4) is 0 Å². The molecular formula is C14H30O7S3. The first kappa shape index (κ1) is 24.0. The maximum atomic E-state index is 11.9. The first-order chi connectivity index (χ1) is 10.6. The van der Waals surface area contributed by atoms with Gasteiger partial charge in [-0.15, -0.1) is 0 Å². The van der Waals surface area contributed by atoms with Crippen LogP contribution >= 0.6 is 0 Å². The molecule has 0 aromatic rings. The van der Waals surface area contributed by atoms with E-state index in [4.69, 9.17) is 9.11 Å². The molecule has 0 saturated heterocycles. The summed E-state index contributed by atoms with van der Waals surface area (Å²) in [6.07, 6.45) is 2.89. The fraction of sp³-hybridized carbons (Fsp3) is 1.00. The Bertz CT molecular complexity index is 565. The second-order valence-corrected chi connectivity index (χ2v) is 13.0. The zero-order valence-corrected chi connectivity index (χ0v) is 17.3. The molecule has 0 aliphatic rings. The number of hydrogen-bond donors (Lipinski definition) is 2. The molecule has 0 heterocycles. The van der Waals surface area contributed by atoms with E-state index in [-0.39, 0.29) is 0 Å². The Labute approximate surface area is 148 Å². The lowest BCUT2D eigenvalue weighted by Gasteiger charge is -2.20. The van der Waals surface area contributed by atoms with Gasteiger partial charge in [0.25, 0.3) is 20.2 Å². The van der Waals surface area contributed by atoms with Crippen molar-refractivity contribution in [3.63, 3.8) is 0 Å². The molecule has 2 N–H and O–H groups in total. The van der Waals surface area contributed by atoms with Crippen molar-refractivity contribution in [2.75, 3.05) is 11.5 Å². The molecule has 0 aromatic heterocycles. The standard InChI is InChI=1S/C14H30O7S3/c1-13(2,23(16,17)18)9-5-7-11-22(15)12-8-6-10-14(3,4)24(19,20)21/h5-12H2,1-4H3,(H,16,17,18)(H,19,20,21). The Morgan fingerprint density at radius 2 is 1.00 bits per heavy atom. The van der Waals surface area contributed by atoms with Crippen LogP contribution in [0.25, 0.3) is 0 Å². The molecule has 0 atom stereocenters. The fourth-order valence-corrected chi connectivity index (χ4v) is 4.05. The van der Waals surface area contributed by atoms with E-state index in [1.807, 2.05) is 0 Å². The van der Waals surface area contributed by atoms with Crippen molar-refractivity contribution in [1.82, 2.24) is 0 Å². The van der Waals surface area contributed by atoms with Crippen LogP contribution in [0, 0.1) is 0 Å². The summed E-state index contributed by atoms with van der Waals surface area (Å²) >= 11 is 0. The molecule has 0 spiro atoms. The van der Waals surface area contributed by atoms with Crippen LogP contribution in [0.4, 0.5) is 0 Å². The molecule has 24 heavy (non-hydrogen) atoms. The van der Waals surface area contributed by atoms with Gasteiger partial charge in [-0.25, -0.2) is 0 Å². The first-order valence-electron chi connectivity index (χ1n) is 7.89. The van der Waals surface area contributed by atoms with Gasteiger partial charge in [0.15, 0.2) is 0 Å². The second-order valence-electron chi connectivity index (χ2n) is 7.23. The predicted octanol–water partition coefficient (Wildman–Crippen LogP) is 2.41. The van der Waals surface area contributed by atoms with Gasteiger partial charge in [-0.3, -0.25) is 13.3 Å². The molecule has 7 nitrogen and oxygen atoms in total. The molecule has 0 aliphatic carbocycles. The highest BCUT2D eigenvalue weighted by atomic mass is 32.2. The zero-order valence-electron chi connectivity index (χ0n) is 14.8. The normalized spacial score (nSPS) is 14.3. The summed E-state index contributed by atoms with van der Waals surface area (Å²) in [5.74, 6) is 0.895. The average molecular weight is 407 g/mol. The van der Waals surface area contributed by atoms with E-state index in [0.29, 0.717) is 50.0 Å². The molecule has 0 fully saturated rings. The summed E-state index contributed by atoms with van der Waals surface area (Å²) in [7, 11) is -9.23. The average Bonchev–Trinajstić information content (AvgIpc) is 2.37. The Morgan fingerprint density at radius 3 is 1.25 bits per heavy atom. The van der Waals surface area contributed by atoms with Crippen molar-refractivity contribution in [2.24, 2.45) is 0 Å². The highest BCUT2D eigenvalue weighted by molar-refractivity contribution is 7.87. The molecule has 0 aliphatic heterocycles. The Morgan fingerprint density at radius 1 is 0.708 bits per heavy atom. The Kier molecular flexibility index (Phi) is 9.05. The van der Waals surface area contributed by atoms with E-state index in [9.17, 15) is 21.0 Å². The second kappa shape index (κ2) is 9.07. The van der Waals surface area contributed by atoms with E-state index >= 15 is 0 Å². The molecule has 0 unspecified atom stereocenters. The smallest absolute Gasteiger partial charge is 0.270 e. The zero-order chi connectivity index (χ0) is 19.2. The SMILES string of the molecule is CC(C)(CCCCS(=O)CCCCC(C)(C)S(=O)(=O)O)S(=O)(=O)O. The van der Waals surface area contributed by atoms with Gasteiger partial charge in [0.2, 0.25) is 0 Å². The van der Waals surface area contributed by atoms with Crippen molar-refractivity contribution in [3.05, 3.63) is 0 Å². The van der Waals surface area contributed by atoms with Gasteiger partial charge < -0.3 is 0 Å². The van der Waals surface area contributed by atoms with Crippen LogP contribution in [0.15, 0.2) is 0 Å². The maximum absolute atomic E-state index is 11.9. The van der Waals surface area contributed by atoms with Gasteiger partial charge in [-0.1, -0.05) is 12.8 Å². The first-order valence-corrected chi connectivity index (χ1v) is 12.3. The quantitative estimate of drug-likeness (QED) is 0.376. The summed E-state index contributed by atoms with van der Waals surface area (Å²) in [5.41, 5.74) is 0. The predicted molar refractivity (Wildman–Crippen MR) is 96.8 cm³/mol. The minimum absolute atomic E-state index is 0.297. The molecule has 10 heteroatoms. The van der Waals surface area contributed by atoms with Gasteiger partial charge in [0.1, 0.15) is 0 Å². The van der Waals surface area contributed by atoms with Gasteiger partial charge in [-0.05, 0) is 53.4 Å². The number of unbranched alkanes of at least 4 members (excludes halogenated alkanes) is 2. The van der Waals surface area contributed by atoms with Crippen molar-refractivity contribution < 1.29 is 30.1 Å². The van der Waals surface area contributed by atoms with Crippen molar-refractivity contribution >= 4 is 31.0 Å². The molecule has 0 aromatic carbocycles. The molecule has 146 valence electrons. The summed E-state index contributed by atoms with van der Waals surface area (Å²) in [4.78, 5) is 0. The maximum Gasteiger partial charge on any atom is 0.270 e. The van der Waals surface area contributed by atoms with Crippen LogP contribution in [0.1, 0.15) is 66.2 Å². The van der Waals surface area contributed by atoms with E-state index in [2.05, 4.69) is 0 Å². The third-order valence-electron chi connectivity index (χ3n) is 4.20. The van der Waals surface area contributed by atoms with Gasteiger partial charge in [-0.2, -0.15) is 16.8 Å². The largest absolute Gasteiger partial charge is 0.285 e. The van der Waals surface area contributed by atoms with E-state index in [1.165, 1.54) is 27.7 Å². The highest BCUT2D eigenvalue weighted by Crippen LogP contribution is 2.23. The van der Waals surface area contributed by atoms with Crippen LogP contribution in [0.2, 0.25) is 0 Å². The van der Waals surface area contributed by atoms with Crippen molar-refractivity contribution in [3.8, 4) is 0 Å². The Balaban J connectivity index is 3.98. The Hall–Kier alpha value is -0.0300. The van der Waals surface area contributed by atoms with Crippen LogP contribution in [0.5, 0.6) is 0 Å². The molecular weight excluding hydrogens is 376 g/mol. The lowest BCUT2D eigenvalue weighted by molar-refractivity contribution is 0.425. The van der Waals surface area contributed by atoms with Gasteiger partial charge in [0.05, 0.1) is 9.49 Å². The summed E-state index contributed by atoms with van der Waals surface area (Å²) < 4.78 is 72.2. The summed E-state index contributed by atoms with van der Waals surface area (Å²) in [6.45, 7) is 5.82. The van der Waals surface area contributed by atoms with Crippen molar-refractivity contribution in [1.29, 1.82) is 0 Å². The van der Waals surface area contributed by atoms with E-state index in [0.717, 1.165) is 0 Å². The molecule has 0 rings (SSSR count). The molecule has 0 bridgehead atoms. The van der Waals surface area contributed by atoms with Crippen LogP contribution in [-0.4, -0.2) is 51.1 Å². The van der Waals surface area contributed by atoms with E-state index in [1.54, 1.807) is 0 Å². The highest BCUT2D eigenvalue weighted by Gasteiger charge is 2.32. The summed E-state index contributed by atoms with van der Waals surface area (Å²) in [5, 5.41) is 0. The monoisotopic (exact) mass is 406 g/mol. The topological polar surface area (TPSA) is 126 Å². The molecule has 0 saturated carbocycles. The van der Waals surface area contributed by atoms with Crippen molar-refractivity contribution in [2.45, 2.75) is 75.7 Å². The molecule has 0 radical (unpaired) electrons. The molecule has 0 amide bonds.